The van der Waals surface area contributed by atoms with Crippen molar-refractivity contribution in [3.8, 4) is 0 Å². The van der Waals surface area contributed by atoms with Gasteiger partial charge in [0.05, 0.1) is 28.1 Å². The van der Waals surface area contributed by atoms with E-state index in [2.05, 4.69) is 27.3 Å². The molecule has 0 amide bonds. The van der Waals surface area contributed by atoms with E-state index in [0.717, 1.165) is 35.1 Å². The van der Waals surface area contributed by atoms with Gasteiger partial charge < -0.3 is 5.32 Å². The van der Waals surface area contributed by atoms with Gasteiger partial charge in [0, 0.05) is 19.2 Å². The summed E-state index contributed by atoms with van der Waals surface area (Å²) in [5.74, 6) is 0. The molecule has 2 aromatic rings. The molecular weight excluding hydrogens is 262 g/mol. The van der Waals surface area contributed by atoms with Crippen molar-refractivity contribution >= 4 is 11.6 Å². The Morgan fingerprint density at radius 3 is 2.84 bits per heavy atom. The van der Waals surface area contributed by atoms with Crippen LogP contribution in [0.4, 0.5) is 0 Å². The highest BCUT2D eigenvalue weighted by Crippen LogP contribution is 2.25. The summed E-state index contributed by atoms with van der Waals surface area (Å²) in [4.78, 5) is 8.23. The molecule has 102 valence electrons. The molecule has 0 fully saturated rings. The third-order valence-electron chi connectivity index (χ3n) is 3.16. The molecule has 1 N–H and O–H groups in total. The zero-order chi connectivity index (χ0) is 13.8. The lowest BCUT2D eigenvalue weighted by Crippen LogP contribution is -2.21. The van der Waals surface area contributed by atoms with Gasteiger partial charge in [-0.25, -0.2) is 9.97 Å². The highest BCUT2D eigenvalue weighted by Gasteiger charge is 2.18. The second kappa shape index (κ2) is 6.12. The van der Waals surface area contributed by atoms with Gasteiger partial charge in [0.1, 0.15) is 6.33 Å². The Labute approximate surface area is 118 Å². The fourth-order valence-electron chi connectivity index (χ4n) is 2.12. The number of aromatic nitrogens is 4. The van der Waals surface area contributed by atoms with Gasteiger partial charge in [-0.3, -0.25) is 4.68 Å². The van der Waals surface area contributed by atoms with Crippen LogP contribution in [0.25, 0.3) is 0 Å². The molecule has 2 aromatic heterocycles. The third-order valence-corrected chi connectivity index (χ3v) is 3.65. The number of nitrogens with one attached hydrogen (secondary N) is 1. The largest absolute Gasteiger partial charge is 0.311 e. The maximum atomic E-state index is 6.34. The average molecular weight is 280 g/mol. The topological polar surface area (TPSA) is 55.6 Å². The first kappa shape index (κ1) is 14.0. The zero-order valence-corrected chi connectivity index (χ0v) is 12.1. The van der Waals surface area contributed by atoms with E-state index in [0.29, 0.717) is 0 Å². The summed E-state index contributed by atoms with van der Waals surface area (Å²) in [6, 6.07) is 2.01. The molecule has 2 heterocycles. The van der Waals surface area contributed by atoms with E-state index >= 15 is 0 Å². The van der Waals surface area contributed by atoms with Crippen molar-refractivity contribution in [2.24, 2.45) is 0 Å². The molecule has 0 aliphatic rings. The Morgan fingerprint density at radius 1 is 1.47 bits per heavy atom. The van der Waals surface area contributed by atoms with Crippen LogP contribution in [0.15, 0.2) is 18.6 Å². The molecule has 0 aliphatic carbocycles. The third kappa shape index (κ3) is 2.93. The van der Waals surface area contributed by atoms with Gasteiger partial charge in [0.15, 0.2) is 0 Å². The van der Waals surface area contributed by atoms with E-state index in [9.17, 15) is 0 Å². The van der Waals surface area contributed by atoms with Crippen LogP contribution in [0.2, 0.25) is 5.02 Å². The molecular formula is C13H18ClN5. The number of hydrogen-bond donors (Lipinski definition) is 1. The number of hydrogen-bond acceptors (Lipinski definition) is 4. The highest BCUT2D eigenvalue weighted by molar-refractivity contribution is 6.31. The van der Waals surface area contributed by atoms with Gasteiger partial charge in [-0.1, -0.05) is 11.6 Å². The maximum absolute atomic E-state index is 6.34. The maximum Gasteiger partial charge on any atom is 0.115 e. The number of aryl methyl sites for hydroxylation is 2. The van der Waals surface area contributed by atoms with Crippen LogP contribution >= 0.6 is 11.6 Å². The van der Waals surface area contributed by atoms with Crippen LogP contribution < -0.4 is 5.32 Å². The molecule has 0 aliphatic heterocycles. The number of nitrogens with zero attached hydrogens (tertiary/aromatic N) is 4. The lowest BCUT2D eigenvalue weighted by molar-refractivity contribution is 0.531. The van der Waals surface area contributed by atoms with Gasteiger partial charge in [0.25, 0.3) is 0 Å². The molecule has 2 rings (SSSR count). The Hall–Kier alpha value is -1.46. The van der Waals surface area contributed by atoms with Gasteiger partial charge in [-0.2, -0.15) is 5.10 Å². The lowest BCUT2D eigenvalue weighted by atomic mass is 10.1. The fourth-order valence-corrected chi connectivity index (χ4v) is 2.33. The average Bonchev–Trinajstić information content (AvgIpc) is 2.72. The second-order valence-electron chi connectivity index (χ2n) is 4.34. The summed E-state index contributed by atoms with van der Waals surface area (Å²) in [6.45, 7) is 4.80. The minimum Gasteiger partial charge on any atom is -0.311 e. The van der Waals surface area contributed by atoms with E-state index in [4.69, 9.17) is 11.6 Å². The van der Waals surface area contributed by atoms with Gasteiger partial charge in [-0.15, -0.1) is 0 Å². The van der Waals surface area contributed by atoms with Crippen LogP contribution in [-0.4, -0.2) is 26.8 Å². The van der Waals surface area contributed by atoms with Gasteiger partial charge in [0.2, 0.25) is 0 Å². The highest BCUT2D eigenvalue weighted by atomic mass is 35.5. The first-order chi connectivity index (χ1) is 9.17. The van der Waals surface area contributed by atoms with Crippen molar-refractivity contribution in [2.75, 3.05) is 7.05 Å². The van der Waals surface area contributed by atoms with E-state index < -0.39 is 0 Å². The predicted molar refractivity (Wildman–Crippen MR) is 75.2 cm³/mol. The van der Waals surface area contributed by atoms with Crippen LogP contribution in [0.3, 0.4) is 0 Å². The second-order valence-corrected chi connectivity index (χ2v) is 4.72. The van der Waals surface area contributed by atoms with Gasteiger partial charge in [-0.05, 0) is 27.0 Å². The minimum absolute atomic E-state index is 0.0990. The van der Waals surface area contributed by atoms with Crippen molar-refractivity contribution in [1.29, 1.82) is 0 Å². The van der Waals surface area contributed by atoms with E-state index in [1.807, 2.05) is 24.7 Å². The summed E-state index contributed by atoms with van der Waals surface area (Å²) in [7, 11) is 1.92. The Bertz CT molecular complexity index is 537. The Kier molecular flexibility index (Phi) is 4.50. The minimum atomic E-state index is 0.0990. The van der Waals surface area contributed by atoms with Crippen molar-refractivity contribution in [1.82, 2.24) is 25.1 Å². The van der Waals surface area contributed by atoms with Gasteiger partial charge >= 0.3 is 0 Å². The molecule has 6 heteroatoms. The molecule has 0 aromatic carbocycles. The predicted octanol–water partition coefficient (Wildman–Crippen LogP) is 2.16. The SMILES string of the molecule is CCn1nc(C)c(Cl)c1CC(NC)c1ccncn1. The van der Waals surface area contributed by atoms with E-state index in [1.54, 1.807) is 12.5 Å². The summed E-state index contributed by atoms with van der Waals surface area (Å²) < 4.78 is 1.95. The monoisotopic (exact) mass is 279 g/mol. The summed E-state index contributed by atoms with van der Waals surface area (Å²) >= 11 is 6.34. The van der Waals surface area contributed by atoms with Crippen LogP contribution in [0.5, 0.6) is 0 Å². The van der Waals surface area contributed by atoms with E-state index in [-0.39, 0.29) is 6.04 Å². The zero-order valence-electron chi connectivity index (χ0n) is 11.4. The standard InChI is InChI=1S/C13H18ClN5/c1-4-19-12(13(14)9(2)18-19)7-11(15-3)10-5-6-16-8-17-10/h5-6,8,11,15H,4,7H2,1-3H3. The number of rotatable bonds is 5. The lowest BCUT2D eigenvalue weighted by Gasteiger charge is -2.16. The molecule has 0 radical (unpaired) electrons. The van der Waals surface area contributed by atoms with Crippen molar-refractivity contribution < 1.29 is 0 Å². The molecule has 1 unspecified atom stereocenters. The van der Waals surface area contributed by atoms with Crippen LogP contribution in [0.1, 0.15) is 30.0 Å². The smallest absolute Gasteiger partial charge is 0.115 e. The number of halogens is 1. The van der Waals surface area contributed by atoms with Crippen molar-refractivity contribution in [2.45, 2.75) is 32.9 Å². The molecule has 0 saturated carbocycles. The normalized spacial score (nSPS) is 12.6. The van der Waals surface area contributed by atoms with Crippen LogP contribution in [0, 0.1) is 6.92 Å². The molecule has 0 spiro atoms. The van der Waals surface area contributed by atoms with E-state index in [1.165, 1.54) is 0 Å². The first-order valence-electron chi connectivity index (χ1n) is 6.32. The molecule has 0 bridgehead atoms. The van der Waals surface area contributed by atoms with Crippen LogP contribution in [-0.2, 0) is 13.0 Å². The molecule has 1 atom stereocenters. The Morgan fingerprint density at radius 2 is 2.26 bits per heavy atom. The molecule has 0 saturated heterocycles. The first-order valence-corrected chi connectivity index (χ1v) is 6.70. The summed E-state index contributed by atoms with van der Waals surface area (Å²) in [5.41, 5.74) is 2.87. The quantitative estimate of drug-likeness (QED) is 0.911. The van der Waals surface area contributed by atoms with Crippen molar-refractivity contribution in [3.63, 3.8) is 0 Å². The fraction of sp³-hybridized carbons (Fsp3) is 0.462. The number of likely N-dealkylation sites (N-methyl/N-ethyl adjacent to an activating group) is 1. The van der Waals surface area contributed by atoms with Crippen molar-refractivity contribution in [3.05, 3.63) is 40.7 Å². The summed E-state index contributed by atoms with van der Waals surface area (Å²) in [5, 5.41) is 8.44. The molecule has 19 heavy (non-hydrogen) atoms. The Balaban J connectivity index is 2.29. The summed E-state index contributed by atoms with van der Waals surface area (Å²) in [6.07, 6.45) is 4.06. The molecule has 5 nitrogen and oxygen atoms in total.